The maximum absolute atomic E-state index is 14.1. The molecule has 4 aliphatic heterocycles. The zero-order chi connectivity index (χ0) is 35.9. The molecule has 0 aromatic heterocycles. The molecule has 0 N–H and O–H groups in total. The summed E-state index contributed by atoms with van der Waals surface area (Å²) < 4.78 is 11.2. The number of ether oxygens (including phenoxy) is 2. The van der Waals surface area contributed by atoms with E-state index in [1.165, 1.54) is 11.1 Å². The van der Waals surface area contributed by atoms with Crippen LogP contribution in [-0.4, -0.2) is 95.0 Å². The maximum atomic E-state index is 14.1. The minimum Gasteiger partial charge on any atom is -0.501 e. The standard InChI is InChI=1S/C43H50N4O5/c1-51-40-28-39(26-33-13-7-3-8-14-33)47(42(49)30-40)35-17-21-44(22-18-35)37-27-38(25-32-11-5-2-6-12-32)46(41(48)29-37)36-19-23-45(24-20-36)43(50)52-31-34-15-9-4-10-16-34/h2-16,29-30,35-36,38-39H,17-28,31H2,1H3/t38?,39-/m1/s1. The second-order valence-electron chi connectivity index (χ2n) is 14.5. The lowest BCUT2D eigenvalue weighted by Crippen LogP contribution is -2.56. The Morgan fingerprint density at radius 3 is 1.65 bits per heavy atom. The molecule has 52 heavy (non-hydrogen) atoms. The van der Waals surface area contributed by atoms with Crippen molar-refractivity contribution in [2.75, 3.05) is 33.3 Å². The van der Waals surface area contributed by atoms with E-state index in [4.69, 9.17) is 9.47 Å². The first-order chi connectivity index (χ1) is 25.4. The molecule has 0 bridgehead atoms. The lowest BCUT2D eigenvalue weighted by molar-refractivity contribution is -0.133. The van der Waals surface area contributed by atoms with Crippen molar-refractivity contribution >= 4 is 17.9 Å². The van der Waals surface area contributed by atoms with Crippen molar-refractivity contribution in [3.8, 4) is 0 Å². The van der Waals surface area contributed by atoms with Gasteiger partial charge in [0.25, 0.3) is 0 Å². The molecule has 0 saturated carbocycles. The van der Waals surface area contributed by atoms with Crippen molar-refractivity contribution < 1.29 is 23.9 Å². The summed E-state index contributed by atoms with van der Waals surface area (Å²) in [5, 5.41) is 0. The van der Waals surface area contributed by atoms with Crippen molar-refractivity contribution in [3.63, 3.8) is 0 Å². The van der Waals surface area contributed by atoms with Crippen LogP contribution in [0.3, 0.4) is 0 Å². The van der Waals surface area contributed by atoms with E-state index in [9.17, 15) is 14.4 Å². The molecule has 7 rings (SSSR count). The molecule has 2 atom stereocenters. The molecule has 3 aromatic rings. The third-order valence-corrected chi connectivity index (χ3v) is 11.2. The van der Waals surface area contributed by atoms with E-state index < -0.39 is 0 Å². The third-order valence-electron chi connectivity index (χ3n) is 11.2. The molecule has 3 aromatic carbocycles. The highest BCUT2D eigenvalue weighted by Crippen LogP contribution is 2.34. The minimum atomic E-state index is -0.300. The van der Waals surface area contributed by atoms with Crippen LogP contribution >= 0.6 is 0 Å². The van der Waals surface area contributed by atoms with Crippen molar-refractivity contribution in [2.24, 2.45) is 0 Å². The van der Waals surface area contributed by atoms with Crippen LogP contribution in [0, 0.1) is 0 Å². The molecule has 3 amide bonds. The first kappa shape index (κ1) is 35.4. The molecule has 0 radical (unpaired) electrons. The molecule has 4 heterocycles. The quantitative estimate of drug-likeness (QED) is 0.245. The Labute approximate surface area is 307 Å². The van der Waals surface area contributed by atoms with Crippen LogP contribution in [0.5, 0.6) is 0 Å². The van der Waals surface area contributed by atoms with Gasteiger partial charge in [0.15, 0.2) is 0 Å². The van der Waals surface area contributed by atoms with Gasteiger partial charge in [0.2, 0.25) is 11.8 Å². The van der Waals surface area contributed by atoms with Crippen LogP contribution in [0.1, 0.15) is 55.2 Å². The van der Waals surface area contributed by atoms with E-state index in [1.807, 2.05) is 60.7 Å². The SMILES string of the molecule is COC1=CC(=O)N(C2CCN(C3=CC(=O)N(C4CCN(C(=O)OCc5ccccc5)CC4)C(Cc4ccccc4)C3)CC2)[C@H](Cc2ccccc2)C1. The van der Waals surface area contributed by atoms with Gasteiger partial charge in [0.1, 0.15) is 12.4 Å². The van der Waals surface area contributed by atoms with Gasteiger partial charge in [-0.05, 0) is 55.2 Å². The van der Waals surface area contributed by atoms with Crippen molar-refractivity contribution in [2.45, 2.75) is 82.1 Å². The van der Waals surface area contributed by atoms with Gasteiger partial charge in [-0.15, -0.1) is 0 Å². The van der Waals surface area contributed by atoms with Crippen molar-refractivity contribution in [3.05, 3.63) is 131 Å². The first-order valence-electron chi connectivity index (χ1n) is 18.8. The van der Waals surface area contributed by atoms with Crippen LogP contribution in [-0.2, 0) is 38.5 Å². The Balaban J connectivity index is 1.01. The molecule has 9 nitrogen and oxygen atoms in total. The maximum Gasteiger partial charge on any atom is 0.410 e. The molecule has 4 aliphatic rings. The minimum absolute atomic E-state index is 0.0192. The Bertz CT molecular complexity index is 1730. The van der Waals surface area contributed by atoms with E-state index in [0.717, 1.165) is 75.1 Å². The topological polar surface area (TPSA) is 82.6 Å². The lowest BCUT2D eigenvalue weighted by atomic mass is 9.90. The smallest absolute Gasteiger partial charge is 0.410 e. The Kier molecular flexibility index (Phi) is 11.2. The van der Waals surface area contributed by atoms with Gasteiger partial charge in [-0.3, -0.25) is 9.59 Å². The van der Waals surface area contributed by atoms with E-state index >= 15 is 0 Å². The van der Waals surface area contributed by atoms with E-state index in [0.29, 0.717) is 19.5 Å². The number of benzene rings is 3. The molecule has 0 aliphatic carbocycles. The number of amides is 3. The predicted molar refractivity (Wildman–Crippen MR) is 200 cm³/mol. The molecular formula is C43H50N4O5. The molecule has 2 saturated heterocycles. The van der Waals surface area contributed by atoms with Gasteiger partial charge in [0, 0.05) is 81.0 Å². The Morgan fingerprint density at radius 1 is 0.635 bits per heavy atom. The van der Waals surface area contributed by atoms with E-state index in [1.54, 1.807) is 18.1 Å². The summed E-state index contributed by atoms with van der Waals surface area (Å²) in [6, 6.07) is 30.8. The second-order valence-corrected chi connectivity index (χ2v) is 14.5. The fourth-order valence-corrected chi connectivity index (χ4v) is 8.58. The van der Waals surface area contributed by atoms with Crippen molar-refractivity contribution in [1.29, 1.82) is 0 Å². The average molecular weight is 703 g/mol. The fraction of sp³-hybridized carbons (Fsp3) is 0.419. The monoisotopic (exact) mass is 702 g/mol. The number of likely N-dealkylation sites (tertiary alicyclic amines) is 2. The molecular weight excluding hydrogens is 652 g/mol. The molecule has 272 valence electrons. The largest absolute Gasteiger partial charge is 0.501 e. The molecule has 2 fully saturated rings. The number of hydrogen-bond acceptors (Lipinski definition) is 6. The first-order valence-corrected chi connectivity index (χ1v) is 18.8. The Morgan fingerprint density at radius 2 is 1.12 bits per heavy atom. The summed E-state index contributed by atoms with van der Waals surface area (Å²) in [5.41, 5.74) is 4.48. The predicted octanol–water partition coefficient (Wildman–Crippen LogP) is 6.35. The summed E-state index contributed by atoms with van der Waals surface area (Å²) in [4.78, 5) is 48.9. The number of carbonyl (C=O) groups is 3. The summed E-state index contributed by atoms with van der Waals surface area (Å²) in [6.07, 6.45) is 9.43. The fourth-order valence-electron chi connectivity index (χ4n) is 8.58. The molecule has 1 unspecified atom stereocenters. The number of rotatable bonds is 10. The summed E-state index contributed by atoms with van der Waals surface area (Å²) in [5.74, 6) is 0.831. The van der Waals surface area contributed by atoms with Crippen LogP contribution < -0.4 is 0 Å². The average Bonchev–Trinajstić information content (AvgIpc) is 3.18. The zero-order valence-electron chi connectivity index (χ0n) is 30.1. The lowest BCUT2D eigenvalue weighted by Gasteiger charge is -2.47. The highest BCUT2D eigenvalue weighted by Gasteiger charge is 2.40. The van der Waals surface area contributed by atoms with Gasteiger partial charge in [-0.2, -0.15) is 0 Å². The van der Waals surface area contributed by atoms with E-state index in [-0.39, 0.29) is 48.7 Å². The van der Waals surface area contributed by atoms with Gasteiger partial charge in [-0.1, -0.05) is 91.0 Å². The number of carbonyl (C=O) groups excluding carboxylic acids is 3. The summed E-state index contributed by atoms with van der Waals surface area (Å²) in [6.45, 7) is 2.97. The number of methoxy groups -OCH3 is 1. The van der Waals surface area contributed by atoms with Gasteiger partial charge in [-0.25, -0.2) is 4.79 Å². The van der Waals surface area contributed by atoms with E-state index in [2.05, 4.69) is 51.1 Å². The van der Waals surface area contributed by atoms with Gasteiger partial charge in [0.05, 0.1) is 7.11 Å². The highest BCUT2D eigenvalue weighted by molar-refractivity contribution is 5.90. The van der Waals surface area contributed by atoms with Gasteiger partial charge < -0.3 is 29.1 Å². The second kappa shape index (κ2) is 16.5. The van der Waals surface area contributed by atoms with Crippen LogP contribution in [0.15, 0.2) is 115 Å². The summed E-state index contributed by atoms with van der Waals surface area (Å²) >= 11 is 0. The van der Waals surface area contributed by atoms with Crippen LogP contribution in [0.4, 0.5) is 4.79 Å². The van der Waals surface area contributed by atoms with Gasteiger partial charge >= 0.3 is 6.09 Å². The number of piperidine rings is 2. The Hall–Kier alpha value is -5.05. The third kappa shape index (κ3) is 8.35. The van der Waals surface area contributed by atoms with Crippen molar-refractivity contribution in [1.82, 2.24) is 19.6 Å². The summed E-state index contributed by atoms with van der Waals surface area (Å²) in [7, 11) is 1.64. The highest BCUT2D eigenvalue weighted by atomic mass is 16.6. The molecule has 0 spiro atoms. The van der Waals surface area contributed by atoms with Crippen LogP contribution in [0.25, 0.3) is 0 Å². The normalized spacial score (nSPS) is 21.9. The molecule has 9 heteroatoms. The number of nitrogens with zero attached hydrogens (tertiary/aromatic N) is 4. The number of hydrogen-bond donors (Lipinski definition) is 0. The zero-order valence-corrected chi connectivity index (χ0v) is 30.1. The van der Waals surface area contributed by atoms with Crippen LogP contribution in [0.2, 0.25) is 0 Å².